The van der Waals surface area contributed by atoms with Gasteiger partial charge in [0.05, 0.1) is 12.1 Å². The summed E-state index contributed by atoms with van der Waals surface area (Å²) in [4.78, 5) is 10.2. The number of primary amides is 1. The summed E-state index contributed by atoms with van der Waals surface area (Å²) in [6, 6.07) is 9.03. The van der Waals surface area contributed by atoms with Crippen molar-refractivity contribution in [3.05, 3.63) is 59.7 Å². The molecule has 2 aromatic rings. The van der Waals surface area contributed by atoms with Crippen LogP contribution in [0.25, 0.3) is 0 Å². The van der Waals surface area contributed by atoms with E-state index < -0.39 is 32.5 Å². The minimum atomic E-state index is -4.38. The molecular weight excluding hydrogens is 366 g/mol. The van der Waals surface area contributed by atoms with E-state index in [0.717, 1.165) is 18.2 Å². The Balaban J connectivity index is 1.94. The van der Waals surface area contributed by atoms with Crippen molar-refractivity contribution in [1.29, 1.82) is 0 Å². The van der Waals surface area contributed by atoms with Gasteiger partial charge >= 0.3 is 0 Å². The van der Waals surface area contributed by atoms with Crippen LogP contribution in [0.1, 0.15) is 10.4 Å². The van der Waals surface area contributed by atoms with Gasteiger partial charge in [0.15, 0.2) is 4.90 Å². The number of hydrogen-bond acceptors (Lipinski definition) is 4. The molecule has 0 aliphatic heterocycles. The second-order valence-electron chi connectivity index (χ2n) is 4.88. The Hall–Kier alpha value is -2.96. The number of para-hydroxylation sites is 1. The molecule has 0 aliphatic rings. The molecule has 0 spiro atoms. The SMILES string of the molecule is NC(=O)c1ccccc1OCC#CCNS(=O)(=O)c1c(F)cccc1F. The van der Waals surface area contributed by atoms with Gasteiger partial charge in [-0.05, 0) is 24.3 Å². The first-order valence-corrected chi connectivity index (χ1v) is 8.72. The number of halogens is 2. The summed E-state index contributed by atoms with van der Waals surface area (Å²) in [7, 11) is -4.38. The zero-order chi connectivity index (χ0) is 19.2. The molecular formula is C17H14F2N2O4S. The van der Waals surface area contributed by atoms with E-state index in [1.165, 1.54) is 12.1 Å². The smallest absolute Gasteiger partial charge is 0.252 e. The summed E-state index contributed by atoms with van der Waals surface area (Å²) in [5.74, 6) is 2.14. The molecule has 6 nitrogen and oxygen atoms in total. The first-order valence-electron chi connectivity index (χ1n) is 7.24. The third kappa shape index (κ3) is 4.78. The molecule has 0 saturated heterocycles. The van der Waals surface area contributed by atoms with E-state index in [0.29, 0.717) is 0 Å². The number of carbonyl (C=O) groups is 1. The number of carbonyl (C=O) groups excluding carboxylic acids is 1. The van der Waals surface area contributed by atoms with Gasteiger partial charge in [-0.25, -0.2) is 17.2 Å². The highest BCUT2D eigenvalue weighted by molar-refractivity contribution is 7.89. The number of nitrogens with two attached hydrogens (primary N) is 1. The van der Waals surface area contributed by atoms with Crippen LogP contribution in [-0.4, -0.2) is 27.5 Å². The van der Waals surface area contributed by atoms with E-state index in [1.807, 2.05) is 4.72 Å². The molecule has 0 aliphatic carbocycles. The third-order valence-corrected chi connectivity index (χ3v) is 4.57. The van der Waals surface area contributed by atoms with Gasteiger partial charge in [0.25, 0.3) is 5.91 Å². The van der Waals surface area contributed by atoms with E-state index >= 15 is 0 Å². The molecule has 2 aromatic carbocycles. The van der Waals surface area contributed by atoms with Gasteiger partial charge < -0.3 is 10.5 Å². The molecule has 0 aromatic heterocycles. The summed E-state index contributed by atoms with van der Waals surface area (Å²) in [6.07, 6.45) is 0. The Kier molecular flexibility index (Phi) is 6.27. The zero-order valence-electron chi connectivity index (χ0n) is 13.3. The standard InChI is InChI=1S/C17H14F2N2O4S/c18-13-7-5-8-14(19)16(13)26(23,24)21-10-3-4-11-25-15-9-2-1-6-12(15)17(20)22/h1-2,5-9,21H,10-11H2,(H2,20,22). The lowest BCUT2D eigenvalue weighted by Gasteiger charge is -2.06. The molecule has 0 atom stereocenters. The van der Waals surface area contributed by atoms with Crippen LogP contribution in [0, 0.1) is 23.5 Å². The normalized spacial score (nSPS) is 10.7. The maximum Gasteiger partial charge on any atom is 0.252 e. The lowest BCUT2D eigenvalue weighted by molar-refractivity contribution is 0.0997. The summed E-state index contributed by atoms with van der Waals surface area (Å²) in [6.45, 7) is -0.517. The van der Waals surface area contributed by atoms with Crippen molar-refractivity contribution in [2.75, 3.05) is 13.2 Å². The molecule has 26 heavy (non-hydrogen) atoms. The highest BCUT2D eigenvalue weighted by Gasteiger charge is 2.22. The van der Waals surface area contributed by atoms with Crippen LogP contribution >= 0.6 is 0 Å². The van der Waals surface area contributed by atoms with Gasteiger partial charge in [-0.15, -0.1) is 0 Å². The third-order valence-electron chi connectivity index (χ3n) is 3.12. The largest absolute Gasteiger partial charge is 0.480 e. The van der Waals surface area contributed by atoms with Crippen molar-refractivity contribution >= 4 is 15.9 Å². The number of amides is 1. The highest BCUT2D eigenvalue weighted by Crippen LogP contribution is 2.18. The fourth-order valence-electron chi connectivity index (χ4n) is 1.97. The van der Waals surface area contributed by atoms with Gasteiger partial charge in [-0.3, -0.25) is 4.79 Å². The predicted octanol–water partition coefficient (Wildman–Crippen LogP) is 1.42. The van der Waals surface area contributed by atoms with E-state index in [4.69, 9.17) is 10.5 Å². The lowest BCUT2D eigenvalue weighted by atomic mass is 10.2. The van der Waals surface area contributed by atoms with Crippen LogP contribution in [0.5, 0.6) is 5.75 Å². The second kappa shape index (κ2) is 8.42. The van der Waals surface area contributed by atoms with Crippen molar-refractivity contribution < 1.29 is 26.7 Å². The van der Waals surface area contributed by atoms with Crippen molar-refractivity contribution in [3.63, 3.8) is 0 Å². The van der Waals surface area contributed by atoms with E-state index in [9.17, 15) is 22.0 Å². The Labute approximate surface area is 149 Å². The average Bonchev–Trinajstić information content (AvgIpc) is 2.57. The molecule has 0 unspecified atom stereocenters. The first kappa shape index (κ1) is 19.4. The zero-order valence-corrected chi connectivity index (χ0v) is 14.1. The van der Waals surface area contributed by atoms with Crippen LogP contribution in [-0.2, 0) is 10.0 Å². The molecule has 2 rings (SSSR count). The number of ether oxygens (including phenoxy) is 1. The molecule has 0 bridgehead atoms. The van der Waals surface area contributed by atoms with Gasteiger partial charge in [0.2, 0.25) is 10.0 Å². The summed E-state index contributed by atoms with van der Waals surface area (Å²) >= 11 is 0. The van der Waals surface area contributed by atoms with Crippen LogP contribution in [0.4, 0.5) is 8.78 Å². The summed E-state index contributed by atoms with van der Waals surface area (Å²) < 4.78 is 58.1. The topological polar surface area (TPSA) is 98.5 Å². The Morgan fingerprint density at radius 2 is 1.73 bits per heavy atom. The number of rotatable bonds is 6. The van der Waals surface area contributed by atoms with E-state index in [1.54, 1.807) is 12.1 Å². The van der Waals surface area contributed by atoms with E-state index in [2.05, 4.69) is 11.8 Å². The molecule has 0 radical (unpaired) electrons. The highest BCUT2D eigenvalue weighted by atomic mass is 32.2. The Morgan fingerprint density at radius 1 is 1.08 bits per heavy atom. The van der Waals surface area contributed by atoms with Gasteiger partial charge in [0.1, 0.15) is 24.0 Å². The van der Waals surface area contributed by atoms with E-state index in [-0.39, 0.29) is 24.5 Å². The number of benzene rings is 2. The second-order valence-corrected chi connectivity index (χ2v) is 6.58. The summed E-state index contributed by atoms with van der Waals surface area (Å²) in [5, 5.41) is 0. The quantitative estimate of drug-likeness (QED) is 0.741. The molecule has 0 saturated carbocycles. The maximum absolute atomic E-state index is 13.5. The maximum atomic E-state index is 13.5. The fraction of sp³-hybridized carbons (Fsp3) is 0.118. The molecule has 0 fully saturated rings. The minimum absolute atomic E-state index is 0.139. The summed E-state index contributed by atoms with van der Waals surface area (Å²) in [5.41, 5.74) is 5.39. The number of nitrogens with one attached hydrogen (secondary N) is 1. The van der Waals surface area contributed by atoms with Crippen LogP contribution in [0.2, 0.25) is 0 Å². The Bertz CT molecular complexity index is 961. The molecule has 9 heteroatoms. The van der Waals surface area contributed by atoms with Crippen LogP contribution in [0.15, 0.2) is 47.4 Å². The number of hydrogen-bond donors (Lipinski definition) is 2. The average molecular weight is 380 g/mol. The van der Waals surface area contributed by atoms with Gasteiger partial charge in [-0.2, -0.15) is 4.72 Å². The first-order chi connectivity index (χ1) is 12.3. The fourth-order valence-corrected chi connectivity index (χ4v) is 3.02. The van der Waals surface area contributed by atoms with Crippen LogP contribution < -0.4 is 15.2 Å². The molecule has 136 valence electrons. The monoisotopic (exact) mass is 380 g/mol. The molecule has 1 amide bonds. The minimum Gasteiger partial charge on any atom is -0.480 e. The molecule has 0 heterocycles. The van der Waals surface area contributed by atoms with Gasteiger partial charge in [0, 0.05) is 0 Å². The predicted molar refractivity (Wildman–Crippen MR) is 89.8 cm³/mol. The number of sulfonamides is 1. The van der Waals surface area contributed by atoms with Crippen molar-refractivity contribution in [2.45, 2.75) is 4.90 Å². The lowest BCUT2D eigenvalue weighted by Crippen LogP contribution is -2.26. The van der Waals surface area contributed by atoms with Crippen molar-refractivity contribution in [1.82, 2.24) is 4.72 Å². The Morgan fingerprint density at radius 3 is 2.38 bits per heavy atom. The van der Waals surface area contributed by atoms with Crippen molar-refractivity contribution in [3.8, 4) is 17.6 Å². The van der Waals surface area contributed by atoms with Gasteiger partial charge in [-0.1, -0.05) is 30.0 Å². The molecule has 3 N–H and O–H groups in total. The van der Waals surface area contributed by atoms with Crippen molar-refractivity contribution in [2.24, 2.45) is 5.73 Å². The van der Waals surface area contributed by atoms with Crippen LogP contribution in [0.3, 0.4) is 0 Å².